The maximum atomic E-state index is 13.3. The molecule has 28 heavy (non-hydrogen) atoms. The molecule has 0 amide bonds. The minimum atomic E-state index is -0.00777. The minimum Gasteiger partial charge on any atom is -0.293 e. The van der Waals surface area contributed by atoms with Crippen molar-refractivity contribution in [2.45, 2.75) is 37.9 Å². The smallest absolute Gasteiger partial charge is 0.263 e. The predicted molar refractivity (Wildman–Crippen MR) is 117 cm³/mol. The summed E-state index contributed by atoms with van der Waals surface area (Å²) in [5.41, 5.74) is 1.85. The molecule has 2 heterocycles. The second-order valence-electron chi connectivity index (χ2n) is 7.21. The lowest BCUT2D eigenvalue weighted by Gasteiger charge is -2.17. The number of carbonyl (C=O) groups is 1. The van der Waals surface area contributed by atoms with Crippen molar-refractivity contribution in [1.29, 1.82) is 0 Å². The Morgan fingerprint density at radius 1 is 1.39 bits per heavy atom. The summed E-state index contributed by atoms with van der Waals surface area (Å²) in [4.78, 5) is 32.6. The number of hydrogen-bond acceptors (Lipinski definition) is 5. The van der Waals surface area contributed by atoms with E-state index in [1.54, 1.807) is 22.0 Å². The molecular weight excluding hydrogens is 388 g/mol. The summed E-state index contributed by atoms with van der Waals surface area (Å²) in [7, 11) is 0. The van der Waals surface area contributed by atoms with Crippen LogP contribution in [0.1, 0.15) is 34.1 Å². The van der Waals surface area contributed by atoms with Gasteiger partial charge in [-0.3, -0.25) is 14.2 Å². The number of aryl methyl sites for hydroxylation is 1. The zero-order valence-electron chi connectivity index (χ0n) is 15.8. The number of allylic oxidation sites excluding steroid dienone is 1. The maximum Gasteiger partial charge on any atom is 0.263 e. The zero-order chi connectivity index (χ0) is 19.7. The third-order valence-corrected chi connectivity index (χ3v) is 7.24. The summed E-state index contributed by atoms with van der Waals surface area (Å²) in [5, 5.41) is 1.36. The molecule has 6 heteroatoms. The van der Waals surface area contributed by atoms with Crippen molar-refractivity contribution in [2.24, 2.45) is 5.92 Å². The van der Waals surface area contributed by atoms with Crippen molar-refractivity contribution >= 4 is 39.1 Å². The van der Waals surface area contributed by atoms with E-state index in [9.17, 15) is 9.59 Å². The van der Waals surface area contributed by atoms with Crippen molar-refractivity contribution in [1.82, 2.24) is 9.55 Å². The van der Waals surface area contributed by atoms with Crippen molar-refractivity contribution in [3.63, 3.8) is 0 Å². The number of aromatic nitrogens is 2. The Balaban J connectivity index is 1.71. The fourth-order valence-electron chi connectivity index (χ4n) is 3.64. The standard InChI is InChI=1S/C22H22N2O2S2/c1-3-11-24-21(26)19-16-10-9-14(2)12-18(16)28-20(19)23-22(24)27-13-17(25)15-7-5-4-6-8-15/h3-8,14H,1,9-13H2,2H3/t14-/m0/s1. The van der Waals surface area contributed by atoms with Gasteiger partial charge in [-0.05, 0) is 30.7 Å². The van der Waals surface area contributed by atoms with Crippen LogP contribution >= 0.6 is 23.1 Å². The second kappa shape index (κ2) is 8.05. The molecule has 144 valence electrons. The Morgan fingerprint density at radius 3 is 2.93 bits per heavy atom. The van der Waals surface area contributed by atoms with E-state index in [1.807, 2.05) is 30.3 Å². The van der Waals surface area contributed by atoms with E-state index in [0.29, 0.717) is 23.2 Å². The molecule has 0 fully saturated rings. The fraction of sp³-hybridized carbons (Fsp3) is 0.318. The zero-order valence-corrected chi connectivity index (χ0v) is 17.4. The van der Waals surface area contributed by atoms with Crippen molar-refractivity contribution in [3.05, 3.63) is 69.3 Å². The molecule has 0 aliphatic heterocycles. The normalized spacial score (nSPS) is 16.1. The SMILES string of the molecule is C=CCn1c(SCC(=O)c2ccccc2)nc2sc3c(c2c1=O)CC[C@H](C)C3. The van der Waals surface area contributed by atoms with E-state index in [2.05, 4.69) is 13.5 Å². The number of ketones is 1. The first-order chi connectivity index (χ1) is 13.6. The summed E-state index contributed by atoms with van der Waals surface area (Å²) in [6.45, 7) is 6.44. The van der Waals surface area contributed by atoms with Gasteiger partial charge < -0.3 is 0 Å². The van der Waals surface area contributed by atoms with E-state index in [-0.39, 0.29) is 17.1 Å². The monoisotopic (exact) mass is 410 g/mol. The van der Waals surface area contributed by atoms with Crippen molar-refractivity contribution < 1.29 is 4.79 Å². The first kappa shape index (κ1) is 19.2. The van der Waals surface area contributed by atoms with Gasteiger partial charge in [0, 0.05) is 17.0 Å². The van der Waals surface area contributed by atoms with E-state index in [0.717, 1.165) is 29.5 Å². The van der Waals surface area contributed by atoms with E-state index < -0.39 is 0 Å². The summed E-state index contributed by atoms with van der Waals surface area (Å²) in [6, 6.07) is 9.22. The van der Waals surface area contributed by atoms with Crippen LogP contribution in [0, 0.1) is 5.92 Å². The van der Waals surface area contributed by atoms with E-state index in [4.69, 9.17) is 4.98 Å². The number of hydrogen-bond donors (Lipinski definition) is 0. The molecule has 0 unspecified atom stereocenters. The number of thiophene rings is 1. The predicted octanol–water partition coefficient (Wildman–Crippen LogP) is 4.74. The largest absolute Gasteiger partial charge is 0.293 e. The van der Waals surface area contributed by atoms with Gasteiger partial charge in [0.15, 0.2) is 10.9 Å². The highest BCUT2D eigenvalue weighted by molar-refractivity contribution is 7.99. The van der Waals surface area contributed by atoms with Crippen LogP contribution in [0.4, 0.5) is 0 Å². The Morgan fingerprint density at radius 2 is 2.18 bits per heavy atom. The van der Waals surface area contributed by atoms with Gasteiger partial charge in [0.05, 0.1) is 11.1 Å². The molecule has 1 atom stereocenters. The van der Waals surface area contributed by atoms with E-state index in [1.165, 1.54) is 22.2 Å². The molecule has 0 radical (unpaired) electrons. The molecule has 1 aromatic carbocycles. The van der Waals surface area contributed by atoms with Crippen LogP contribution in [0.2, 0.25) is 0 Å². The Hall–Kier alpha value is -2.18. The third kappa shape index (κ3) is 3.59. The van der Waals surface area contributed by atoms with Gasteiger partial charge in [0.25, 0.3) is 5.56 Å². The molecule has 0 bridgehead atoms. The molecular formula is C22H22N2O2S2. The molecule has 0 spiro atoms. The van der Waals surface area contributed by atoms with Gasteiger partial charge in [0.1, 0.15) is 4.83 Å². The number of rotatable bonds is 6. The molecule has 0 N–H and O–H groups in total. The van der Waals surface area contributed by atoms with Gasteiger partial charge in [0.2, 0.25) is 0 Å². The van der Waals surface area contributed by atoms with Crippen LogP contribution in [0.15, 0.2) is 52.9 Å². The molecule has 1 aliphatic rings. The van der Waals surface area contributed by atoms with Gasteiger partial charge in [-0.2, -0.15) is 0 Å². The van der Waals surface area contributed by atoms with Gasteiger partial charge in [-0.1, -0.05) is 55.1 Å². The van der Waals surface area contributed by atoms with Crippen molar-refractivity contribution in [3.8, 4) is 0 Å². The Kier molecular flexibility index (Phi) is 5.51. The van der Waals surface area contributed by atoms with Gasteiger partial charge in [-0.25, -0.2) is 4.98 Å². The molecule has 2 aromatic heterocycles. The molecule has 0 saturated heterocycles. The number of carbonyl (C=O) groups excluding carboxylic acids is 1. The Labute approximate surface area is 172 Å². The quantitative estimate of drug-likeness (QED) is 0.255. The molecule has 4 nitrogen and oxygen atoms in total. The van der Waals surface area contributed by atoms with Crippen LogP contribution in [-0.2, 0) is 19.4 Å². The molecule has 0 saturated carbocycles. The average molecular weight is 411 g/mol. The second-order valence-corrected chi connectivity index (χ2v) is 9.23. The highest BCUT2D eigenvalue weighted by Crippen LogP contribution is 2.36. The highest BCUT2D eigenvalue weighted by atomic mass is 32.2. The Bertz CT molecular complexity index is 1100. The summed E-state index contributed by atoms with van der Waals surface area (Å²) >= 11 is 2.97. The molecule has 3 aromatic rings. The number of Topliss-reactive ketones (excluding diaryl/α,β-unsaturated/α-hetero) is 1. The van der Waals surface area contributed by atoms with Crippen LogP contribution < -0.4 is 5.56 Å². The van der Waals surface area contributed by atoms with Gasteiger partial charge >= 0.3 is 0 Å². The summed E-state index contributed by atoms with van der Waals surface area (Å²) in [6.07, 6.45) is 4.79. The lowest BCUT2D eigenvalue weighted by Crippen LogP contribution is -2.24. The third-order valence-electron chi connectivity index (χ3n) is 5.12. The van der Waals surface area contributed by atoms with Crippen molar-refractivity contribution in [2.75, 3.05) is 5.75 Å². The lowest BCUT2D eigenvalue weighted by atomic mass is 9.89. The summed E-state index contributed by atoms with van der Waals surface area (Å²) < 4.78 is 1.66. The first-order valence-corrected chi connectivity index (χ1v) is 11.3. The number of nitrogens with zero attached hydrogens (tertiary/aromatic N) is 2. The first-order valence-electron chi connectivity index (χ1n) is 9.45. The maximum absolute atomic E-state index is 13.3. The number of benzene rings is 1. The molecule has 4 rings (SSSR count). The molecule has 1 aliphatic carbocycles. The number of fused-ring (bicyclic) bond motifs is 3. The van der Waals surface area contributed by atoms with Crippen LogP contribution in [0.5, 0.6) is 0 Å². The minimum absolute atomic E-state index is 0.00777. The topological polar surface area (TPSA) is 52.0 Å². The lowest BCUT2D eigenvalue weighted by molar-refractivity contribution is 0.102. The van der Waals surface area contributed by atoms with Crippen LogP contribution in [0.25, 0.3) is 10.2 Å². The fourth-order valence-corrected chi connectivity index (χ4v) is 5.97. The number of thioether (sulfide) groups is 1. The summed E-state index contributed by atoms with van der Waals surface area (Å²) in [5.74, 6) is 0.930. The average Bonchev–Trinajstić information content (AvgIpc) is 3.06. The van der Waals surface area contributed by atoms with Crippen LogP contribution in [-0.4, -0.2) is 21.1 Å². The highest BCUT2D eigenvalue weighted by Gasteiger charge is 2.24. The van der Waals surface area contributed by atoms with E-state index >= 15 is 0 Å². The van der Waals surface area contributed by atoms with Crippen LogP contribution in [0.3, 0.4) is 0 Å². The van der Waals surface area contributed by atoms with Gasteiger partial charge in [-0.15, -0.1) is 17.9 Å².